The highest BCUT2D eigenvalue weighted by Crippen LogP contribution is 2.27. The molecule has 1 heterocycles. The van der Waals surface area contributed by atoms with Gasteiger partial charge in [-0.3, -0.25) is 0 Å². The van der Waals surface area contributed by atoms with Crippen LogP contribution in [0.5, 0.6) is 0 Å². The zero-order chi connectivity index (χ0) is 15.9. The maximum Gasteiger partial charge on any atom is 0.213 e. The normalized spacial score (nSPS) is 11.4. The number of nitrogens with zero attached hydrogens (tertiary/aromatic N) is 1. The molecule has 0 saturated heterocycles. The zero-order valence-corrected chi connectivity index (χ0v) is 14.1. The summed E-state index contributed by atoms with van der Waals surface area (Å²) >= 11 is 0. The number of rotatable bonds is 2. The molecule has 1 nitrogen and oxygen atoms in total. The predicted molar refractivity (Wildman–Crippen MR) is 94.1 cm³/mol. The first-order valence-corrected chi connectivity index (χ1v) is 7.98. The Hall–Kier alpha value is -2.15. The average Bonchev–Trinajstić information content (AvgIpc) is 2.50. The Morgan fingerprint density at radius 3 is 2.41 bits per heavy atom. The number of benzene rings is 2. The lowest BCUT2D eigenvalue weighted by molar-refractivity contribution is -0.633. The number of aryl methyl sites for hydroxylation is 3. The largest absolute Gasteiger partial charge is 0.213 e. The summed E-state index contributed by atoms with van der Waals surface area (Å²) in [6, 6.07) is 17.8. The van der Waals surface area contributed by atoms with Crippen molar-refractivity contribution in [3.05, 3.63) is 65.2 Å². The van der Waals surface area contributed by atoms with E-state index in [-0.39, 0.29) is 0 Å². The summed E-state index contributed by atoms with van der Waals surface area (Å²) in [4.78, 5) is 0. The minimum Gasteiger partial charge on any atom is -0.194 e. The molecule has 3 rings (SSSR count). The minimum atomic E-state index is 0.537. The predicted octanol–water partition coefficient (Wildman–Crippen LogP) is 5.07. The third kappa shape index (κ3) is 2.41. The topological polar surface area (TPSA) is 3.88 Å². The maximum absolute atomic E-state index is 2.32. The third-order valence-electron chi connectivity index (χ3n) is 4.54. The van der Waals surface area contributed by atoms with Crippen LogP contribution in [0.15, 0.2) is 48.5 Å². The summed E-state index contributed by atoms with van der Waals surface area (Å²) in [6.45, 7) is 8.85. The molecule has 0 unspecified atom stereocenters. The first kappa shape index (κ1) is 14.8. The number of hydrogen-bond donors (Lipinski definition) is 0. The van der Waals surface area contributed by atoms with Crippen LogP contribution in [-0.2, 0) is 7.05 Å². The first-order chi connectivity index (χ1) is 10.5. The smallest absolute Gasteiger partial charge is 0.194 e. The maximum atomic E-state index is 2.32. The zero-order valence-electron chi connectivity index (χ0n) is 14.1. The Labute approximate surface area is 133 Å². The number of fused-ring (bicyclic) bond motifs is 1. The molecule has 0 spiro atoms. The molecule has 0 aliphatic rings. The van der Waals surface area contributed by atoms with Gasteiger partial charge in [0.2, 0.25) is 11.2 Å². The van der Waals surface area contributed by atoms with Crippen molar-refractivity contribution in [2.45, 2.75) is 33.6 Å². The molecule has 0 N–H and O–H groups in total. The van der Waals surface area contributed by atoms with Crippen LogP contribution in [0.1, 0.15) is 36.5 Å². The SMILES string of the molecule is Cc1ccc(C)c(-c2ccc3c(C(C)C)cccc3[n+]2C)c1. The molecule has 0 bridgehead atoms. The second-order valence-electron chi connectivity index (χ2n) is 6.53. The summed E-state index contributed by atoms with van der Waals surface area (Å²) in [6.07, 6.45) is 0. The quantitative estimate of drug-likeness (QED) is 0.580. The van der Waals surface area contributed by atoms with E-state index in [4.69, 9.17) is 0 Å². The van der Waals surface area contributed by atoms with Crippen LogP contribution in [0.2, 0.25) is 0 Å². The fourth-order valence-electron chi connectivity index (χ4n) is 3.23. The van der Waals surface area contributed by atoms with Crippen molar-refractivity contribution >= 4 is 10.9 Å². The van der Waals surface area contributed by atoms with Crippen LogP contribution in [0.3, 0.4) is 0 Å². The number of aromatic nitrogens is 1. The second kappa shape index (κ2) is 5.57. The van der Waals surface area contributed by atoms with Gasteiger partial charge in [-0.1, -0.05) is 43.7 Å². The van der Waals surface area contributed by atoms with Gasteiger partial charge in [0.25, 0.3) is 0 Å². The van der Waals surface area contributed by atoms with Crippen LogP contribution in [0.4, 0.5) is 0 Å². The Morgan fingerprint density at radius 2 is 1.68 bits per heavy atom. The summed E-state index contributed by atoms with van der Waals surface area (Å²) < 4.78 is 2.32. The van der Waals surface area contributed by atoms with Gasteiger partial charge in [0.15, 0.2) is 0 Å². The monoisotopic (exact) mass is 290 g/mol. The molecule has 0 fully saturated rings. The highest BCUT2D eigenvalue weighted by Gasteiger charge is 2.17. The van der Waals surface area contributed by atoms with Gasteiger partial charge in [-0.2, -0.15) is 4.57 Å². The van der Waals surface area contributed by atoms with E-state index in [0.717, 1.165) is 0 Å². The minimum absolute atomic E-state index is 0.537. The second-order valence-corrected chi connectivity index (χ2v) is 6.53. The lowest BCUT2D eigenvalue weighted by Crippen LogP contribution is -2.32. The highest BCUT2D eigenvalue weighted by atomic mass is 14.9. The summed E-state index contributed by atoms with van der Waals surface area (Å²) in [7, 11) is 2.17. The Balaban J connectivity index is 2.30. The van der Waals surface area contributed by atoms with E-state index in [1.807, 2.05) is 0 Å². The van der Waals surface area contributed by atoms with Crippen molar-refractivity contribution in [1.82, 2.24) is 0 Å². The molecule has 2 aromatic carbocycles. The Morgan fingerprint density at radius 1 is 0.909 bits per heavy atom. The lowest BCUT2D eigenvalue weighted by Gasteiger charge is -2.11. The lowest BCUT2D eigenvalue weighted by atomic mass is 9.96. The number of pyridine rings is 1. The fourth-order valence-corrected chi connectivity index (χ4v) is 3.23. The molecular formula is C21H24N+. The van der Waals surface area contributed by atoms with Gasteiger partial charge < -0.3 is 0 Å². The molecule has 0 aliphatic heterocycles. The van der Waals surface area contributed by atoms with E-state index in [9.17, 15) is 0 Å². The fraction of sp³-hybridized carbons (Fsp3) is 0.286. The van der Waals surface area contributed by atoms with Crippen molar-refractivity contribution in [2.24, 2.45) is 7.05 Å². The van der Waals surface area contributed by atoms with Gasteiger partial charge in [-0.15, -0.1) is 0 Å². The Kier molecular flexibility index (Phi) is 3.74. The molecule has 1 aromatic heterocycles. The molecule has 0 radical (unpaired) electrons. The van der Waals surface area contributed by atoms with Crippen LogP contribution in [0, 0.1) is 13.8 Å². The molecular weight excluding hydrogens is 266 g/mol. The molecule has 0 saturated carbocycles. The van der Waals surface area contributed by atoms with Crippen LogP contribution < -0.4 is 4.57 Å². The van der Waals surface area contributed by atoms with Crippen LogP contribution in [0.25, 0.3) is 22.2 Å². The van der Waals surface area contributed by atoms with E-state index in [2.05, 4.69) is 87.8 Å². The summed E-state index contributed by atoms with van der Waals surface area (Å²) in [5, 5.41) is 1.36. The average molecular weight is 290 g/mol. The van der Waals surface area contributed by atoms with Gasteiger partial charge in [-0.25, -0.2) is 0 Å². The van der Waals surface area contributed by atoms with E-state index in [0.29, 0.717) is 5.92 Å². The van der Waals surface area contributed by atoms with E-state index < -0.39 is 0 Å². The molecule has 1 heteroatoms. The van der Waals surface area contributed by atoms with E-state index in [1.165, 1.54) is 38.9 Å². The molecule has 22 heavy (non-hydrogen) atoms. The third-order valence-corrected chi connectivity index (χ3v) is 4.54. The van der Waals surface area contributed by atoms with Gasteiger partial charge >= 0.3 is 0 Å². The first-order valence-electron chi connectivity index (χ1n) is 7.98. The van der Waals surface area contributed by atoms with Gasteiger partial charge in [0, 0.05) is 23.1 Å². The molecule has 112 valence electrons. The van der Waals surface area contributed by atoms with E-state index in [1.54, 1.807) is 0 Å². The molecule has 3 aromatic rings. The van der Waals surface area contributed by atoms with Crippen LogP contribution in [-0.4, -0.2) is 0 Å². The van der Waals surface area contributed by atoms with Crippen molar-refractivity contribution in [1.29, 1.82) is 0 Å². The van der Waals surface area contributed by atoms with Crippen molar-refractivity contribution < 1.29 is 4.57 Å². The van der Waals surface area contributed by atoms with Crippen LogP contribution >= 0.6 is 0 Å². The van der Waals surface area contributed by atoms with Gasteiger partial charge in [0.1, 0.15) is 7.05 Å². The van der Waals surface area contributed by atoms with Crippen molar-refractivity contribution in [3.8, 4) is 11.3 Å². The molecule has 0 amide bonds. The number of hydrogen-bond acceptors (Lipinski definition) is 0. The van der Waals surface area contributed by atoms with Crippen molar-refractivity contribution in [3.63, 3.8) is 0 Å². The summed E-state index contributed by atoms with van der Waals surface area (Å²) in [5.41, 5.74) is 7.93. The molecule has 0 atom stereocenters. The van der Waals surface area contributed by atoms with E-state index >= 15 is 0 Å². The van der Waals surface area contributed by atoms with Gasteiger partial charge in [-0.05, 0) is 43.0 Å². The highest BCUT2D eigenvalue weighted by molar-refractivity contribution is 5.82. The molecule has 0 aliphatic carbocycles. The van der Waals surface area contributed by atoms with Crippen molar-refractivity contribution in [2.75, 3.05) is 0 Å². The van der Waals surface area contributed by atoms with Gasteiger partial charge in [0.05, 0.1) is 0 Å². The Bertz CT molecular complexity index is 844. The standard InChI is InChI=1S/C21H24N/c1-14(2)17-7-6-8-20-18(17)11-12-21(22(20)5)19-13-15(3)9-10-16(19)4/h6-14H,1-5H3/q+1. The summed E-state index contributed by atoms with van der Waals surface area (Å²) in [5.74, 6) is 0.537.